The van der Waals surface area contributed by atoms with Gasteiger partial charge in [-0.15, -0.1) is 0 Å². The fourth-order valence-corrected chi connectivity index (χ4v) is 2.55. The van der Waals surface area contributed by atoms with Crippen molar-refractivity contribution in [2.24, 2.45) is 0 Å². The minimum Gasteiger partial charge on any atom is -0.497 e. The van der Waals surface area contributed by atoms with Crippen LogP contribution in [0, 0.1) is 5.82 Å². The first-order valence-electron chi connectivity index (χ1n) is 8.83. The van der Waals surface area contributed by atoms with Crippen LogP contribution >= 0.6 is 0 Å². The Balaban J connectivity index is 1.62. The third-order valence-corrected chi connectivity index (χ3v) is 4.04. The first-order valence-corrected chi connectivity index (χ1v) is 8.83. The summed E-state index contributed by atoms with van der Waals surface area (Å²) in [5.41, 5.74) is 2.19. The highest BCUT2D eigenvalue weighted by Gasteiger charge is 2.08. The van der Waals surface area contributed by atoms with E-state index in [2.05, 4.69) is 10.6 Å². The second-order valence-corrected chi connectivity index (χ2v) is 6.14. The average Bonchev–Trinajstić information content (AvgIpc) is 2.74. The topological polar surface area (TPSA) is 67.4 Å². The number of carbonyl (C=O) groups is 2. The van der Waals surface area contributed by atoms with Crippen LogP contribution in [0.4, 0.5) is 15.8 Å². The van der Waals surface area contributed by atoms with Gasteiger partial charge in [-0.3, -0.25) is 9.59 Å². The maximum atomic E-state index is 13.0. The maximum Gasteiger partial charge on any atom is 0.255 e. The van der Waals surface area contributed by atoms with Gasteiger partial charge in [0.25, 0.3) is 5.91 Å². The highest BCUT2D eigenvalue weighted by molar-refractivity contribution is 6.06. The summed E-state index contributed by atoms with van der Waals surface area (Å²) in [6.07, 6.45) is 3.09. The molecule has 2 amide bonds. The molecule has 0 saturated heterocycles. The van der Waals surface area contributed by atoms with Gasteiger partial charge in [0.2, 0.25) is 5.91 Å². The largest absolute Gasteiger partial charge is 0.497 e. The fourth-order valence-electron chi connectivity index (χ4n) is 2.55. The number of rotatable bonds is 6. The lowest BCUT2D eigenvalue weighted by molar-refractivity contribution is -0.111. The van der Waals surface area contributed by atoms with Crippen molar-refractivity contribution in [1.29, 1.82) is 0 Å². The van der Waals surface area contributed by atoms with Gasteiger partial charge in [0, 0.05) is 23.0 Å². The molecule has 0 bridgehead atoms. The Morgan fingerprint density at radius 2 is 1.62 bits per heavy atom. The predicted octanol–water partition coefficient (Wildman–Crippen LogP) is 4.74. The molecule has 0 aliphatic carbocycles. The van der Waals surface area contributed by atoms with Gasteiger partial charge in [-0.2, -0.15) is 0 Å². The van der Waals surface area contributed by atoms with Gasteiger partial charge in [-0.05, 0) is 66.2 Å². The van der Waals surface area contributed by atoms with Crippen molar-refractivity contribution < 1.29 is 18.7 Å². The SMILES string of the molecule is COc1ccc(C=CC(=O)Nc2cccc(C(=O)Nc3ccc(F)cc3)c2)cc1. The Hall–Kier alpha value is -3.93. The monoisotopic (exact) mass is 390 g/mol. The van der Waals surface area contributed by atoms with Gasteiger partial charge in [0.05, 0.1) is 7.11 Å². The predicted molar refractivity (Wildman–Crippen MR) is 111 cm³/mol. The number of halogens is 1. The molecule has 0 saturated carbocycles. The zero-order valence-electron chi connectivity index (χ0n) is 15.7. The summed E-state index contributed by atoms with van der Waals surface area (Å²) in [5.74, 6) is -0.323. The lowest BCUT2D eigenvalue weighted by atomic mass is 10.1. The summed E-state index contributed by atoms with van der Waals surface area (Å²) < 4.78 is 18.1. The molecule has 0 unspecified atom stereocenters. The molecule has 0 fully saturated rings. The minimum atomic E-state index is -0.379. The molecule has 0 aliphatic rings. The Morgan fingerprint density at radius 1 is 0.897 bits per heavy atom. The Bertz CT molecular complexity index is 1030. The number of amides is 2. The highest BCUT2D eigenvalue weighted by Crippen LogP contribution is 2.15. The summed E-state index contributed by atoms with van der Waals surface area (Å²) in [7, 11) is 1.59. The highest BCUT2D eigenvalue weighted by atomic mass is 19.1. The van der Waals surface area contributed by atoms with Crippen LogP contribution in [-0.4, -0.2) is 18.9 Å². The molecule has 0 aliphatic heterocycles. The van der Waals surface area contributed by atoms with Crippen molar-refractivity contribution in [2.45, 2.75) is 0 Å². The van der Waals surface area contributed by atoms with E-state index < -0.39 is 0 Å². The number of hydrogen-bond acceptors (Lipinski definition) is 3. The van der Waals surface area contributed by atoms with Crippen LogP contribution < -0.4 is 15.4 Å². The number of nitrogens with one attached hydrogen (secondary N) is 2. The quantitative estimate of drug-likeness (QED) is 0.598. The minimum absolute atomic E-state index is 0.322. The summed E-state index contributed by atoms with van der Waals surface area (Å²) in [5, 5.41) is 5.40. The van der Waals surface area contributed by atoms with Crippen LogP contribution in [0.25, 0.3) is 6.08 Å². The third-order valence-electron chi connectivity index (χ3n) is 4.04. The molecule has 29 heavy (non-hydrogen) atoms. The molecule has 5 nitrogen and oxygen atoms in total. The van der Waals surface area contributed by atoms with E-state index in [4.69, 9.17) is 4.74 Å². The van der Waals surface area contributed by atoms with E-state index in [0.717, 1.165) is 11.3 Å². The van der Waals surface area contributed by atoms with Crippen LogP contribution in [0.2, 0.25) is 0 Å². The first kappa shape index (κ1) is 19.8. The van der Waals surface area contributed by atoms with E-state index >= 15 is 0 Å². The number of anilines is 2. The second-order valence-electron chi connectivity index (χ2n) is 6.14. The summed E-state index contributed by atoms with van der Waals surface area (Å²) >= 11 is 0. The molecule has 3 rings (SSSR count). The standard InChI is InChI=1S/C23H19FN2O3/c1-29-21-12-5-16(6-13-21)7-14-22(27)25-20-4-2-3-17(15-20)23(28)26-19-10-8-18(24)9-11-19/h2-15H,1H3,(H,25,27)(H,26,28). The third kappa shape index (κ3) is 5.77. The average molecular weight is 390 g/mol. The molecular formula is C23H19FN2O3. The van der Waals surface area contributed by atoms with Crippen LogP contribution in [0.1, 0.15) is 15.9 Å². The summed E-state index contributed by atoms with van der Waals surface area (Å²) in [6.45, 7) is 0. The number of ether oxygens (including phenoxy) is 1. The molecule has 2 N–H and O–H groups in total. The Kier molecular flexibility index (Phi) is 6.37. The fraction of sp³-hybridized carbons (Fsp3) is 0.0435. The number of carbonyl (C=O) groups excluding carboxylic acids is 2. The molecular weight excluding hydrogens is 371 g/mol. The smallest absolute Gasteiger partial charge is 0.255 e. The molecule has 146 valence electrons. The van der Waals surface area contributed by atoms with E-state index in [0.29, 0.717) is 16.9 Å². The zero-order valence-corrected chi connectivity index (χ0v) is 15.7. The van der Waals surface area contributed by atoms with Crippen LogP contribution in [0.5, 0.6) is 5.75 Å². The normalized spacial score (nSPS) is 10.6. The molecule has 0 heterocycles. The number of methoxy groups -OCH3 is 1. The molecule has 0 spiro atoms. The van der Waals surface area contributed by atoms with Crippen molar-refractivity contribution in [3.8, 4) is 5.75 Å². The van der Waals surface area contributed by atoms with E-state index in [9.17, 15) is 14.0 Å². The van der Waals surface area contributed by atoms with Gasteiger partial charge in [0.1, 0.15) is 11.6 Å². The van der Waals surface area contributed by atoms with Crippen LogP contribution in [0.3, 0.4) is 0 Å². The Labute approximate surface area is 167 Å². The van der Waals surface area contributed by atoms with Gasteiger partial charge >= 0.3 is 0 Å². The summed E-state index contributed by atoms with van der Waals surface area (Å²) in [4.78, 5) is 24.5. The van der Waals surface area contributed by atoms with Gasteiger partial charge in [-0.25, -0.2) is 4.39 Å². The molecule has 0 atom stereocenters. The van der Waals surface area contributed by atoms with Gasteiger partial charge in [0.15, 0.2) is 0 Å². The van der Waals surface area contributed by atoms with E-state index in [1.54, 1.807) is 49.6 Å². The lowest BCUT2D eigenvalue weighted by Gasteiger charge is -2.07. The van der Waals surface area contributed by atoms with Crippen molar-refractivity contribution in [1.82, 2.24) is 0 Å². The number of benzene rings is 3. The van der Waals surface area contributed by atoms with Crippen molar-refractivity contribution in [3.63, 3.8) is 0 Å². The number of hydrogen-bond donors (Lipinski definition) is 2. The van der Waals surface area contributed by atoms with Gasteiger partial charge < -0.3 is 15.4 Å². The summed E-state index contributed by atoms with van der Waals surface area (Å²) in [6, 6.07) is 19.3. The first-order chi connectivity index (χ1) is 14.0. The Morgan fingerprint density at radius 3 is 2.31 bits per heavy atom. The zero-order chi connectivity index (χ0) is 20.6. The van der Waals surface area contributed by atoms with E-state index in [-0.39, 0.29) is 17.6 Å². The van der Waals surface area contributed by atoms with Crippen LogP contribution in [-0.2, 0) is 4.79 Å². The second kappa shape index (κ2) is 9.32. The van der Waals surface area contributed by atoms with Crippen molar-refractivity contribution >= 4 is 29.3 Å². The van der Waals surface area contributed by atoms with Crippen LogP contribution in [0.15, 0.2) is 78.9 Å². The maximum absolute atomic E-state index is 13.0. The molecule has 6 heteroatoms. The van der Waals surface area contributed by atoms with Crippen molar-refractivity contribution in [3.05, 3.63) is 95.8 Å². The molecule has 0 aromatic heterocycles. The molecule has 0 radical (unpaired) electrons. The lowest BCUT2D eigenvalue weighted by Crippen LogP contribution is -2.13. The van der Waals surface area contributed by atoms with E-state index in [1.807, 2.05) is 12.1 Å². The molecule has 3 aromatic rings. The van der Waals surface area contributed by atoms with E-state index in [1.165, 1.54) is 30.3 Å². The van der Waals surface area contributed by atoms with Crippen molar-refractivity contribution in [2.75, 3.05) is 17.7 Å². The van der Waals surface area contributed by atoms with Gasteiger partial charge in [-0.1, -0.05) is 18.2 Å². The molecule has 3 aromatic carbocycles.